The lowest BCUT2D eigenvalue weighted by Gasteiger charge is -2.03. The molecule has 0 atom stereocenters. The Morgan fingerprint density at radius 2 is 2.29 bits per heavy atom. The van der Waals surface area contributed by atoms with Crippen molar-refractivity contribution in [3.63, 3.8) is 0 Å². The van der Waals surface area contributed by atoms with Crippen LogP contribution in [0.2, 0.25) is 0 Å². The largest absolute Gasteiger partial charge is 0.464 e. The fourth-order valence-corrected chi connectivity index (χ4v) is 1.69. The van der Waals surface area contributed by atoms with Gasteiger partial charge in [-0.25, -0.2) is 19.7 Å². The Bertz CT molecular complexity index is 484. The van der Waals surface area contributed by atoms with E-state index in [4.69, 9.17) is 0 Å². The predicted molar refractivity (Wildman–Crippen MR) is 62.8 cm³/mol. The number of carbonyl (C=O) groups excluding carboxylic acids is 1. The van der Waals surface area contributed by atoms with Gasteiger partial charge in [-0.1, -0.05) is 0 Å². The van der Waals surface area contributed by atoms with Gasteiger partial charge in [-0.2, -0.15) is 0 Å². The molecule has 2 aromatic rings. The molecule has 0 radical (unpaired) electrons. The van der Waals surface area contributed by atoms with E-state index in [1.54, 1.807) is 5.51 Å². The Hall–Kier alpha value is -2.02. The van der Waals surface area contributed by atoms with E-state index in [0.29, 0.717) is 12.4 Å². The number of nitrogens with one attached hydrogen (secondary N) is 1. The number of anilines is 1. The van der Waals surface area contributed by atoms with Crippen LogP contribution in [0.25, 0.3) is 0 Å². The van der Waals surface area contributed by atoms with Crippen molar-refractivity contribution < 1.29 is 9.53 Å². The van der Waals surface area contributed by atoms with Crippen molar-refractivity contribution in [1.82, 2.24) is 15.0 Å². The first kappa shape index (κ1) is 11.5. The fourth-order valence-electron chi connectivity index (χ4n) is 1.14. The molecule has 0 aliphatic carbocycles. The number of hydrogen-bond donors (Lipinski definition) is 1. The van der Waals surface area contributed by atoms with Crippen molar-refractivity contribution in [3.05, 3.63) is 34.7 Å². The lowest BCUT2D eigenvalue weighted by Crippen LogP contribution is -2.07. The van der Waals surface area contributed by atoms with Crippen molar-refractivity contribution in [2.45, 2.75) is 6.54 Å². The number of aromatic nitrogens is 3. The Balaban J connectivity index is 1.96. The van der Waals surface area contributed by atoms with Crippen LogP contribution >= 0.6 is 11.3 Å². The number of methoxy groups -OCH3 is 1. The number of ether oxygens (including phenoxy) is 1. The molecule has 0 spiro atoms. The summed E-state index contributed by atoms with van der Waals surface area (Å²) in [6, 6.07) is 0. The summed E-state index contributed by atoms with van der Waals surface area (Å²) in [4.78, 5) is 23.2. The number of carbonyl (C=O) groups is 1. The summed E-state index contributed by atoms with van der Waals surface area (Å²) in [6.07, 6.45) is 2.85. The quantitative estimate of drug-likeness (QED) is 0.825. The Labute approximate surface area is 102 Å². The average Bonchev–Trinajstić information content (AvgIpc) is 2.89. The Morgan fingerprint density at radius 1 is 1.41 bits per heavy atom. The maximum absolute atomic E-state index is 11.1. The molecule has 0 unspecified atom stereocenters. The summed E-state index contributed by atoms with van der Waals surface area (Å²) in [6.45, 7) is 0.579. The molecule has 2 aromatic heterocycles. The molecule has 7 heteroatoms. The van der Waals surface area contributed by atoms with E-state index in [1.165, 1.54) is 30.8 Å². The van der Waals surface area contributed by atoms with Gasteiger partial charge in [-0.15, -0.1) is 11.3 Å². The monoisotopic (exact) mass is 250 g/mol. The number of rotatable bonds is 4. The highest BCUT2D eigenvalue weighted by atomic mass is 32.1. The second-order valence-corrected chi connectivity index (χ2v) is 3.83. The first-order valence-electron chi connectivity index (χ1n) is 4.81. The second-order valence-electron chi connectivity index (χ2n) is 3.11. The van der Waals surface area contributed by atoms with Gasteiger partial charge in [0.2, 0.25) is 0 Å². The van der Waals surface area contributed by atoms with Gasteiger partial charge in [0.1, 0.15) is 5.82 Å². The van der Waals surface area contributed by atoms with Gasteiger partial charge in [-0.3, -0.25) is 0 Å². The molecule has 0 aromatic carbocycles. The van der Waals surface area contributed by atoms with E-state index in [9.17, 15) is 4.79 Å². The van der Waals surface area contributed by atoms with Crippen molar-refractivity contribution in [3.8, 4) is 0 Å². The van der Waals surface area contributed by atoms with Gasteiger partial charge in [0.15, 0.2) is 5.69 Å². The molecule has 6 nitrogen and oxygen atoms in total. The van der Waals surface area contributed by atoms with Crippen LogP contribution in [0, 0.1) is 0 Å². The lowest BCUT2D eigenvalue weighted by atomic mass is 10.4. The molecule has 2 heterocycles. The molecule has 0 saturated carbocycles. The number of esters is 1. The topological polar surface area (TPSA) is 77.0 Å². The Morgan fingerprint density at radius 3 is 2.88 bits per heavy atom. The first-order valence-corrected chi connectivity index (χ1v) is 5.75. The zero-order valence-corrected chi connectivity index (χ0v) is 9.90. The molecule has 0 saturated heterocycles. The predicted octanol–water partition coefficient (Wildman–Crippen LogP) is 1.33. The van der Waals surface area contributed by atoms with Crippen molar-refractivity contribution in [1.29, 1.82) is 0 Å². The summed E-state index contributed by atoms with van der Waals surface area (Å²) in [5, 5.41) is 5.00. The SMILES string of the molecule is COC(=O)c1cnc(NCc2cscn2)cn1. The van der Waals surface area contributed by atoms with Crippen LogP contribution in [0.5, 0.6) is 0 Å². The zero-order valence-electron chi connectivity index (χ0n) is 9.08. The minimum absolute atomic E-state index is 0.187. The fraction of sp³-hybridized carbons (Fsp3) is 0.200. The molecule has 0 aliphatic heterocycles. The number of thiazole rings is 1. The summed E-state index contributed by atoms with van der Waals surface area (Å²) < 4.78 is 4.52. The summed E-state index contributed by atoms with van der Waals surface area (Å²) in [5.74, 6) is 0.0919. The standard InChI is InChI=1S/C10H10N4O2S/c1-16-10(15)8-3-13-9(4-11-8)12-2-7-5-17-6-14-7/h3-6H,2H2,1H3,(H,12,13). The summed E-state index contributed by atoms with van der Waals surface area (Å²) >= 11 is 1.54. The maximum atomic E-state index is 11.1. The van der Waals surface area contributed by atoms with Gasteiger partial charge in [0.05, 0.1) is 37.3 Å². The number of nitrogens with zero attached hydrogens (tertiary/aromatic N) is 3. The van der Waals surface area contributed by atoms with Crippen LogP contribution < -0.4 is 5.32 Å². The zero-order chi connectivity index (χ0) is 12.1. The van der Waals surface area contributed by atoms with Crippen LogP contribution in [0.15, 0.2) is 23.3 Å². The highest BCUT2D eigenvalue weighted by Gasteiger charge is 2.07. The number of hydrogen-bond acceptors (Lipinski definition) is 7. The molecule has 0 aliphatic rings. The van der Waals surface area contributed by atoms with Crippen LogP contribution in [-0.2, 0) is 11.3 Å². The van der Waals surface area contributed by atoms with E-state index in [1.807, 2.05) is 5.38 Å². The highest BCUT2D eigenvalue weighted by Crippen LogP contribution is 2.06. The molecule has 88 valence electrons. The van der Waals surface area contributed by atoms with Crippen LogP contribution in [0.3, 0.4) is 0 Å². The van der Waals surface area contributed by atoms with Gasteiger partial charge in [-0.05, 0) is 0 Å². The third-order valence-electron chi connectivity index (χ3n) is 1.98. The summed E-state index contributed by atoms with van der Waals surface area (Å²) in [7, 11) is 1.30. The molecule has 0 amide bonds. The minimum Gasteiger partial charge on any atom is -0.464 e. The normalized spacial score (nSPS) is 9.94. The van der Waals surface area contributed by atoms with Crippen molar-refractivity contribution in [2.75, 3.05) is 12.4 Å². The third kappa shape index (κ3) is 2.97. The van der Waals surface area contributed by atoms with Crippen LogP contribution in [-0.4, -0.2) is 28.0 Å². The molecule has 2 rings (SSSR count). The van der Waals surface area contributed by atoms with Crippen molar-refractivity contribution >= 4 is 23.1 Å². The van der Waals surface area contributed by atoms with Crippen LogP contribution in [0.1, 0.15) is 16.2 Å². The molecular formula is C10H10N4O2S. The van der Waals surface area contributed by atoms with E-state index >= 15 is 0 Å². The first-order chi connectivity index (χ1) is 8.29. The molecule has 17 heavy (non-hydrogen) atoms. The smallest absolute Gasteiger partial charge is 0.358 e. The van der Waals surface area contributed by atoms with Crippen LogP contribution in [0.4, 0.5) is 5.82 Å². The Kier molecular flexibility index (Phi) is 3.61. The van der Waals surface area contributed by atoms with E-state index in [2.05, 4.69) is 25.0 Å². The highest BCUT2D eigenvalue weighted by molar-refractivity contribution is 7.07. The van der Waals surface area contributed by atoms with E-state index in [-0.39, 0.29) is 5.69 Å². The summed E-state index contributed by atoms with van der Waals surface area (Å²) in [5.41, 5.74) is 2.89. The van der Waals surface area contributed by atoms with Gasteiger partial charge in [0.25, 0.3) is 0 Å². The average molecular weight is 250 g/mol. The molecule has 0 fully saturated rings. The molecule has 0 bridgehead atoms. The minimum atomic E-state index is -0.497. The third-order valence-corrected chi connectivity index (χ3v) is 2.62. The van der Waals surface area contributed by atoms with Gasteiger partial charge >= 0.3 is 5.97 Å². The lowest BCUT2D eigenvalue weighted by molar-refractivity contribution is 0.0593. The molecule has 1 N–H and O–H groups in total. The van der Waals surface area contributed by atoms with Gasteiger partial charge in [0, 0.05) is 5.38 Å². The maximum Gasteiger partial charge on any atom is 0.358 e. The van der Waals surface area contributed by atoms with Gasteiger partial charge < -0.3 is 10.1 Å². The molecular weight excluding hydrogens is 240 g/mol. The van der Waals surface area contributed by atoms with E-state index < -0.39 is 5.97 Å². The second kappa shape index (κ2) is 5.35. The van der Waals surface area contributed by atoms with Crippen molar-refractivity contribution in [2.24, 2.45) is 0 Å². The van der Waals surface area contributed by atoms with E-state index in [0.717, 1.165) is 5.69 Å².